The highest BCUT2D eigenvalue weighted by Crippen LogP contribution is 2.22. The maximum atomic E-state index is 13.0. The van der Waals surface area contributed by atoms with E-state index in [4.69, 9.17) is 4.74 Å². The average molecular weight is 209 g/mol. The molecule has 2 atom stereocenters. The second-order valence-electron chi connectivity index (χ2n) is 4.07. The summed E-state index contributed by atoms with van der Waals surface area (Å²) < 4.78 is 18.5. The van der Waals surface area contributed by atoms with E-state index in [0.717, 1.165) is 24.3 Å². The van der Waals surface area contributed by atoms with Crippen LogP contribution >= 0.6 is 0 Å². The third-order valence-electron chi connectivity index (χ3n) is 2.92. The maximum Gasteiger partial charge on any atom is 0.125 e. The number of nitrogens with one attached hydrogen (secondary N) is 1. The van der Waals surface area contributed by atoms with Crippen molar-refractivity contribution in [2.75, 3.05) is 11.9 Å². The molecule has 1 heterocycles. The lowest BCUT2D eigenvalue weighted by Gasteiger charge is -2.18. The van der Waals surface area contributed by atoms with Gasteiger partial charge in [0, 0.05) is 12.3 Å². The molecule has 1 aliphatic heterocycles. The van der Waals surface area contributed by atoms with Crippen LogP contribution in [0.1, 0.15) is 18.9 Å². The quantitative estimate of drug-likeness (QED) is 0.808. The predicted octanol–water partition coefficient (Wildman–Crippen LogP) is 2.72. The monoisotopic (exact) mass is 209 g/mol. The Kier molecular flexibility index (Phi) is 2.91. The van der Waals surface area contributed by atoms with E-state index in [1.54, 1.807) is 12.1 Å². The Morgan fingerprint density at radius 2 is 2.27 bits per heavy atom. The standard InChI is InChI=1S/C12H16FNO/c1-8-3-4-10(13)7-12(8)14-11-5-6-15-9(11)2/h3-4,7,9,11,14H,5-6H2,1-2H3/t9-,11+/m0/s1. The smallest absolute Gasteiger partial charge is 0.125 e. The lowest BCUT2D eigenvalue weighted by atomic mass is 10.1. The van der Waals surface area contributed by atoms with E-state index in [0.29, 0.717) is 6.04 Å². The predicted molar refractivity (Wildman–Crippen MR) is 58.6 cm³/mol. The minimum atomic E-state index is -0.199. The Labute approximate surface area is 89.4 Å². The molecule has 0 radical (unpaired) electrons. The van der Waals surface area contributed by atoms with Crippen LogP contribution < -0.4 is 5.32 Å². The SMILES string of the molecule is Cc1ccc(F)cc1N[C@@H]1CCO[C@H]1C. The molecule has 15 heavy (non-hydrogen) atoms. The molecular weight excluding hydrogens is 193 g/mol. The van der Waals surface area contributed by atoms with Crippen molar-refractivity contribution in [1.82, 2.24) is 0 Å². The van der Waals surface area contributed by atoms with Gasteiger partial charge in [-0.15, -0.1) is 0 Å². The first-order chi connectivity index (χ1) is 7.16. The van der Waals surface area contributed by atoms with Gasteiger partial charge in [0.25, 0.3) is 0 Å². The fourth-order valence-corrected chi connectivity index (χ4v) is 1.87. The van der Waals surface area contributed by atoms with Crippen LogP contribution in [0.2, 0.25) is 0 Å². The van der Waals surface area contributed by atoms with E-state index < -0.39 is 0 Å². The van der Waals surface area contributed by atoms with Crippen molar-refractivity contribution >= 4 is 5.69 Å². The second kappa shape index (κ2) is 4.19. The Morgan fingerprint density at radius 1 is 1.47 bits per heavy atom. The summed E-state index contributed by atoms with van der Waals surface area (Å²) in [7, 11) is 0. The van der Waals surface area contributed by atoms with Crippen molar-refractivity contribution in [3.8, 4) is 0 Å². The van der Waals surface area contributed by atoms with Gasteiger partial charge in [-0.25, -0.2) is 4.39 Å². The number of benzene rings is 1. The molecule has 0 saturated carbocycles. The molecule has 2 nitrogen and oxygen atoms in total. The third-order valence-corrected chi connectivity index (χ3v) is 2.92. The van der Waals surface area contributed by atoms with Crippen LogP contribution in [0.4, 0.5) is 10.1 Å². The van der Waals surface area contributed by atoms with Crippen LogP contribution in [-0.2, 0) is 4.74 Å². The number of halogens is 1. The van der Waals surface area contributed by atoms with Gasteiger partial charge in [-0.3, -0.25) is 0 Å². The topological polar surface area (TPSA) is 21.3 Å². The van der Waals surface area contributed by atoms with Gasteiger partial charge in [-0.05, 0) is 38.0 Å². The Hall–Kier alpha value is -1.09. The maximum absolute atomic E-state index is 13.0. The van der Waals surface area contributed by atoms with Crippen LogP contribution in [0.5, 0.6) is 0 Å². The van der Waals surface area contributed by atoms with Crippen LogP contribution in [0.15, 0.2) is 18.2 Å². The normalized spacial score (nSPS) is 25.5. The highest BCUT2D eigenvalue weighted by Gasteiger charge is 2.24. The van der Waals surface area contributed by atoms with Crippen LogP contribution in [0.3, 0.4) is 0 Å². The van der Waals surface area contributed by atoms with Gasteiger partial charge in [0.15, 0.2) is 0 Å². The molecule has 1 aromatic carbocycles. The molecule has 1 N–H and O–H groups in total. The van der Waals surface area contributed by atoms with Crippen LogP contribution in [-0.4, -0.2) is 18.8 Å². The highest BCUT2D eigenvalue weighted by molar-refractivity contribution is 5.51. The lowest BCUT2D eigenvalue weighted by Crippen LogP contribution is -2.27. The van der Waals surface area contributed by atoms with E-state index in [1.165, 1.54) is 6.07 Å². The summed E-state index contributed by atoms with van der Waals surface area (Å²) >= 11 is 0. The third kappa shape index (κ3) is 2.29. The van der Waals surface area contributed by atoms with Crippen LogP contribution in [0, 0.1) is 12.7 Å². The summed E-state index contributed by atoms with van der Waals surface area (Å²) in [5.41, 5.74) is 1.94. The fourth-order valence-electron chi connectivity index (χ4n) is 1.87. The van der Waals surface area contributed by atoms with Gasteiger partial charge in [-0.1, -0.05) is 6.07 Å². The molecule has 1 fully saturated rings. The first-order valence-electron chi connectivity index (χ1n) is 5.31. The Balaban J connectivity index is 2.12. The van der Waals surface area contributed by atoms with Gasteiger partial charge in [0.2, 0.25) is 0 Å². The molecule has 0 aromatic heterocycles. The van der Waals surface area contributed by atoms with Crippen molar-refractivity contribution in [2.24, 2.45) is 0 Å². The minimum Gasteiger partial charge on any atom is -0.379 e. The van der Waals surface area contributed by atoms with E-state index in [9.17, 15) is 4.39 Å². The zero-order valence-corrected chi connectivity index (χ0v) is 9.09. The Bertz CT molecular complexity index is 353. The first kappa shape index (κ1) is 10.4. The number of hydrogen-bond acceptors (Lipinski definition) is 2. The molecule has 1 aromatic rings. The number of hydrogen-bond donors (Lipinski definition) is 1. The number of ether oxygens (including phenoxy) is 1. The summed E-state index contributed by atoms with van der Waals surface area (Å²) in [5, 5.41) is 3.33. The van der Waals surface area contributed by atoms with Crippen molar-refractivity contribution in [3.63, 3.8) is 0 Å². The molecule has 0 amide bonds. The van der Waals surface area contributed by atoms with E-state index in [2.05, 4.69) is 5.32 Å². The molecule has 0 unspecified atom stereocenters. The first-order valence-corrected chi connectivity index (χ1v) is 5.31. The van der Waals surface area contributed by atoms with Crippen molar-refractivity contribution < 1.29 is 9.13 Å². The summed E-state index contributed by atoms with van der Waals surface area (Å²) in [6, 6.07) is 5.11. The van der Waals surface area contributed by atoms with Gasteiger partial charge in [0.1, 0.15) is 5.82 Å². The van der Waals surface area contributed by atoms with Gasteiger partial charge in [-0.2, -0.15) is 0 Å². The molecular formula is C12H16FNO. The average Bonchev–Trinajstić information content (AvgIpc) is 2.58. The largest absolute Gasteiger partial charge is 0.379 e. The van der Waals surface area contributed by atoms with Gasteiger partial charge in [0.05, 0.1) is 12.1 Å². The zero-order chi connectivity index (χ0) is 10.8. The summed E-state index contributed by atoms with van der Waals surface area (Å²) in [5.74, 6) is -0.199. The zero-order valence-electron chi connectivity index (χ0n) is 9.09. The van der Waals surface area contributed by atoms with Gasteiger partial charge >= 0.3 is 0 Å². The number of anilines is 1. The molecule has 3 heteroatoms. The van der Waals surface area contributed by atoms with Crippen molar-refractivity contribution in [2.45, 2.75) is 32.4 Å². The van der Waals surface area contributed by atoms with Crippen molar-refractivity contribution in [3.05, 3.63) is 29.6 Å². The molecule has 0 spiro atoms. The molecule has 0 bridgehead atoms. The van der Waals surface area contributed by atoms with Crippen molar-refractivity contribution in [1.29, 1.82) is 0 Å². The summed E-state index contributed by atoms with van der Waals surface area (Å²) in [6.45, 7) is 4.80. The highest BCUT2D eigenvalue weighted by atomic mass is 19.1. The van der Waals surface area contributed by atoms with Crippen LogP contribution in [0.25, 0.3) is 0 Å². The minimum absolute atomic E-state index is 0.199. The lowest BCUT2D eigenvalue weighted by molar-refractivity contribution is 0.121. The number of rotatable bonds is 2. The molecule has 2 rings (SSSR count). The van der Waals surface area contributed by atoms with Gasteiger partial charge < -0.3 is 10.1 Å². The second-order valence-corrected chi connectivity index (χ2v) is 4.07. The molecule has 1 aliphatic rings. The summed E-state index contributed by atoms with van der Waals surface area (Å²) in [6.07, 6.45) is 1.18. The molecule has 1 saturated heterocycles. The Morgan fingerprint density at radius 3 is 2.93 bits per heavy atom. The van der Waals surface area contributed by atoms with E-state index in [-0.39, 0.29) is 11.9 Å². The number of aryl methyl sites for hydroxylation is 1. The van der Waals surface area contributed by atoms with E-state index >= 15 is 0 Å². The molecule has 82 valence electrons. The molecule has 0 aliphatic carbocycles. The summed E-state index contributed by atoms with van der Waals surface area (Å²) in [4.78, 5) is 0. The van der Waals surface area contributed by atoms with E-state index in [1.807, 2.05) is 13.8 Å². The fraction of sp³-hybridized carbons (Fsp3) is 0.500.